The first-order chi connectivity index (χ1) is 24.7. The first-order valence-electron chi connectivity index (χ1n) is 18.8. The Balaban J connectivity index is 1.34. The number of unbranched alkanes of at least 4 members (excludes halogenated alkanes) is 6. The van der Waals surface area contributed by atoms with E-state index >= 15 is 0 Å². The van der Waals surface area contributed by atoms with E-state index in [-0.39, 0.29) is 0 Å². The highest BCUT2D eigenvalue weighted by Crippen LogP contribution is 2.38. The molecular weight excluding hydrogens is 605 g/mol. The van der Waals surface area contributed by atoms with E-state index in [1.165, 1.54) is 84.7 Å². The standard InChI is InChI=1S/C48H48N2/c1-3-5-7-11-17-35-23-27-37(28-24-35)41-31-42(38-19-13-9-14-20-38)44-34-47-48(50-46(44)32-41)43(39-21-15-10-16-22-39)33-45(49-47)40-29-25-36(26-30-40)18-12-8-6-4-2/h9-10,13-16,19-34H,3-8,11-12,17-18H2,1-2H3. The van der Waals surface area contributed by atoms with Gasteiger partial charge in [0, 0.05) is 16.5 Å². The Labute approximate surface area is 298 Å². The Bertz CT molecular complexity index is 1990. The first-order valence-corrected chi connectivity index (χ1v) is 18.8. The second-order valence-corrected chi connectivity index (χ2v) is 13.7. The molecule has 2 nitrogen and oxygen atoms in total. The van der Waals surface area contributed by atoms with Crippen molar-refractivity contribution < 1.29 is 0 Å². The average molecular weight is 653 g/mol. The molecule has 50 heavy (non-hydrogen) atoms. The molecule has 7 rings (SSSR count). The third kappa shape index (κ3) is 7.71. The van der Waals surface area contributed by atoms with Crippen LogP contribution in [0.25, 0.3) is 66.6 Å². The van der Waals surface area contributed by atoms with E-state index in [0.717, 1.165) is 57.2 Å². The van der Waals surface area contributed by atoms with Gasteiger partial charge >= 0.3 is 0 Å². The molecule has 0 N–H and O–H groups in total. The van der Waals surface area contributed by atoms with Crippen molar-refractivity contribution in [3.63, 3.8) is 0 Å². The van der Waals surface area contributed by atoms with Gasteiger partial charge in [-0.15, -0.1) is 0 Å². The van der Waals surface area contributed by atoms with Crippen LogP contribution in [-0.2, 0) is 12.8 Å². The van der Waals surface area contributed by atoms with E-state index in [1.807, 2.05) is 0 Å². The highest BCUT2D eigenvalue weighted by atomic mass is 14.8. The molecule has 7 aromatic rings. The maximum Gasteiger partial charge on any atom is 0.0973 e. The normalized spacial score (nSPS) is 11.4. The molecule has 2 heteroatoms. The van der Waals surface area contributed by atoms with E-state index < -0.39 is 0 Å². The summed E-state index contributed by atoms with van der Waals surface area (Å²) >= 11 is 0. The van der Waals surface area contributed by atoms with E-state index in [2.05, 4.69) is 147 Å². The van der Waals surface area contributed by atoms with Crippen LogP contribution in [0.5, 0.6) is 0 Å². The zero-order valence-electron chi connectivity index (χ0n) is 29.7. The SMILES string of the molecule is CCCCCCc1ccc(-c2cc(-c3ccccc3)c3cc4nc(-c5ccc(CCCCCC)cc5)cc(-c5ccccc5)c4nc3c2)cc1. The van der Waals surface area contributed by atoms with Crippen molar-refractivity contribution in [2.45, 2.75) is 78.1 Å². The molecule has 0 aliphatic carbocycles. The predicted octanol–water partition coefficient (Wildman–Crippen LogP) is 13.7. The molecule has 0 spiro atoms. The molecule has 0 atom stereocenters. The highest BCUT2D eigenvalue weighted by molar-refractivity contribution is 6.06. The summed E-state index contributed by atoms with van der Waals surface area (Å²) in [6.07, 6.45) is 12.5. The number of aromatic nitrogens is 2. The fraction of sp³-hybridized carbons (Fsp3) is 0.250. The lowest BCUT2D eigenvalue weighted by Crippen LogP contribution is -1.95. The smallest absolute Gasteiger partial charge is 0.0973 e. The van der Waals surface area contributed by atoms with Crippen LogP contribution in [0.3, 0.4) is 0 Å². The van der Waals surface area contributed by atoms with Gasteiger partial charge in [-0.2, -0.15) is 0 Å². The Hall–Kier alpha value is -5.08. The number of pyridine rings is 2. The van der Waals surface area contributed by atoms with Crippen molar-refractivity contribution in [1.82, 2.24) is 9.97 Å². The third-order valence-corrected chi connectivity index (χ3v) is 10.0. The monoisotopic (exact) mass is 652 g/mol. The first kappa shape index (κ1) is 33.4. The maximum absolute atomic E-state index is 5.44. The summed E-state index contributed by atoms with van der Waals surface area (Å²) in [5, 5.41) is 1.12. The molecule has 0 unspecified atom stereocenters. The Morgan fingerprint density at radius 2 is 0.960 bits per heavy atom. The van der Waals surface area contributed by atoms with Crippen LogP contribution in [0.1, 0.15) is 76.3 Å². The Kier molecular flexibility index (Phi) is 10.8. The van der Waals surface area contributed by atoms with Crippen LogP contribution in [0.2, 0.25) is 0 Å². The summed E-state index contributed by atoms with van der Waals surface area (Å²) in [5.41, 5.74) is 14.8. The number of rotatable bonds is 14. The quantitative estimate of drug-likeness (QED) is 0.0863. The van der Waals surface area contributed by atoms with Gasteiger partial charge in [0.2, 0.25) is 0 Å². The summed E-state index contributed by atoms with van der Waals surface area (Å²) in [7, 11) is 0. The zero-order valence-corrected chi connectivity index (χ0v) is 29.7. The number of aryl methyl sites for hydroxylation is 2. The summed E-state index contributed by atoms with van der Waals surface area (Å²) < 4.78 is 0. The molecule has 2 aromatic heterocycles. The summed E-state index contributed by atoms with van der Waals surface area (Å²) in [4.78, 5) is 10.7. The van der Waals surface area contributed by atoms with Gasteiger partial charge in [0.25, 0.3) is 0 Å². The molecule has 0 saturated heterocycles. The topological polar surface area (TPSA) is 25.8 Å². The largest absolute Gasteiger partial charge is 0.246 e. The van der Waals surface area contributed by atoms with Gasteiger partial charge in [0.1, 0.15) is 0 Å². The van der Waals surface area contributed by atoms with Crippen LogP contribution in [0.4, 0.5) is 0 Å². The molecule has 0 saturated carbocycles. The lowest BCUT2D eigenvalue weighted by molar-refractivity contribution is 0.667. The van der Waals surface area contributed by atoms with Gasteiger partial charge in [-0.05, 0) is 88.9 Å². The minimum atomic E-state index is 0.912. The fourth-order valence-corrected chi connectivity index (χ4v) is 7.14. The molecule has 0 amide bonds. The number of benzene rings is 5. The van der Waals surface area contributed by atoms with Gasteiger partial charge < -0.3 is 0 Å². The lowest BCUT2D eigenvalue weighted by Gasteiger charge is -2.15. The number of nitrogens with zero attached hydrogens (tertiary/aromatic N) is 2. The molecule has 0 aliphatic heterocycles. The van der Waals surface area contributed by atoms with Crippen LogP contribution < -0.4 is 0 Å². The van der Waals surface area contributed by atoms with E-state index in [4.69, 9.17) is 9.97 Å². The number of hydrogen-bond acceptors (Lipinski definition) is 2. The summed E-state index contributed by atoms with van der Waals surface area (Å²) in [6.45, 7) is 4.54. The minimum absolute atomic E-state index is 0.912. The lowest BCUT2D eigenvalue weighted by atomic mass is 9.93. The van der Waals surface area contributed by atoms with Gasteiger partial charge in [0.15, 0.2) is 0 Å². The van der Waals surface area contributed by atoms with Gasteiger partial charge in [-0.1, -0.05) is 162 Å². The van der Waals surface area contributed by atoms with Gasteiger partial charge in [-0.25, -0.2) is 9.97 Å². The van der Waals surface area contributed by atoms with E-state index in [1.54, 1.807) is 0 Å². The van der Waals surface area contributed by atoms with Crippen LogP contribution >= 0.6 is 0 Å². The summed E-state index contributed by atoms with van der Waals surface area (Å²) in [6, 6.07) is 48.7. The van der Waals surface area contributed by atoms with Crippen LogP contribution in [-0.4, -0.2) is 9.97 Å². The van der Waals surface area contributed by atoms with E-state index in [9.17, 15) is 0 Å². The minimum Gasteiger partial charge on any atom is -0.246 e. The molecular formula is C48H48N2. The van der Waals surface area contributed by atoms with Crippen molar-refractivity contribution in [2.75, 3.05) is 0 Å². The fourth-order valence-electron chi connectivity index (χ4n) is 7.14. The molecule has 0 bridgehead atoms. The number of fused-ring (bicyclic) bond motifs is 2. The van der Waals surface area contributed by atoms with Crippen LogP contribution in [0.15, 0.2) is 133 Å². The van der Waals surface area contributed by atoms with E-state index in [0.29, 0.717) is 0 Å². The summed E-state index contributed by atoms with van der Waals surface area (Å²) in [5.74, 6) is 0. The van der Waals surface area contributed by atoms with Crippen molar-refractivity contribution in [1.29, 1.82) is 0 Å². The molecule has 250 valence electrons. The van der Waals surface area contributed by atoms with Crippen LogP contribution in [0, 0.1) is 0 Å². The molecule has 5 aromatic carbocycles. The van der Waals surface area contributed by atoms with Crippen molar-refractivity contribution in [2.24, 2.45) is 0 Å². The molecule has 0 fully saturated rings. The average Bonchev–Trinajstić information content (AvgIpc) is 3.18. The van der Waals surface area contributed by atoms with Crippen molar-refractivity contribution >= 4 is 21.9 Å². The van der Waals surface area contributed by atoms with Crippen molar-refractivity contribution in [3.8, 4) is 44.6 Å². The molecule has 2 heterocycles. The second-order valence-electron chi connectivity index (χ2n) is 13.7. The zero-order chi connectivity index (χ0) is 34.1. The van der Waals surface area contributed by atoms with Crippen molar-refractivity contribution in [3.05, 3.63) is 145 Å². The number of hydrogen-bond donors (Lipinski definition) is 0. The van der Waals surface area contributed by atoms with Gasteiger partial charge in [-0.3, -0.25) is 0 Å². The Morgan fingerprint density at radius 1 is 0.400 bits per heavy atom. The molecule has 0 aliphatic rings. The Morgan fingerprint density at radius 3 is 1.54 bits per heavy atom. The second kappa shape index (κ2) is 16.1. The maximum atomic E-state index is 5.44. The third-order valence-electron chi connectivity index (χ3n) is 10.0. The molecule has 0 radical (unpaired) electrons. The van der Waals surface area contributed by atoms with Gasteiger partial charge in [0.05, 0.1) is 22.2 Å². The highest BCUT2D eigenvalue weighted by Gasteiger charge is 2.16. The predicted molar refractivity (Wildman–Crippen MR) is 214 cm³/mol.